The summed E-state index contributed by atoms with van der Waals surface area (Å²) in [6.45, 7) is 9.08. The lowest BCUT2D eigenvalue weighted by Crippen LogP contribution is -2.41. The topological polar surface area (TPSA) is 72.4 Å². The van der Waals surface area contributed by atoms with Gasteiger partial charge in [0, 0.05) is 19.2 Å². The third kappa shape index (κ3) is 4.65. The van der Waals surface area contributed by atoms with E-state index >= 15 is 0 Å². The lowest BCUT2D eigenvalue weighted by molar-refractivity contribution is 0.128. The second-order valence-electron chi connectivity index (χ2n) is 8.01. The molecule has 0 aliphatic carbocycles. The maximum Gasteiger partial charge on any atom is 0.243 e. The van der Waals surface area contributed by atoms with Crippen LogP contribution in [0.25, 0.3) is 0 Å². The van der Waals surface area contributed by atoms with Crippen LogP contribution in [-0.2, 0) is 15.4 Å². The average molecular weight is 390 g/mol. The van der Waals surface area contributed by atoms with E-state index in [9.17, 15) is 8.42 Å². The van der Waals surface area contributed by atoms with Crippen molar-refractivity contribution in [3.63, 3.8) is 0 Å². The number of rotatable bonds is 4. The van der Waals surface area contributed by atoms with Crippen LogP contribution >= 0.6 is 0 Å². The van der Waals surface area contributed by atoms with Gasteiger partial charge in [0.05, 0.1) is 10.6 Å². The second-order valence-corrected chi connectivity index (χ2v) is 9.95. The van der Waals surface area contributed by atoms with E-state index in [2.05, 4.69) is 31.0 Å². The molecule has 0 spiro atoms. The first-order chi connectivity index (χ1) is 12.7. The molecule has 27 heavy (non-hydrogen) atoms. The van der Waals surface area contributed by atoms with E-state index in [-0.39, 0.29) is 11.5 Å². The van der Waals surface area contributed by atoms with Gasteiger partial charge in [0.25, 0.3) is 0 Å². The van der Waals surface area contributed by atoms with Gasteiger partial charge in [-0.15, -0.1) is 5.10 Å². The predicted molar refractivity (Wildman–Crippen MR) is 104 cm³/mol. The van der Waals surface area contributed by atoms with Crippen LogP contribution < -0.4 is 4.74 Å². The Morgan fingerprint density at radius 2 is 1.63 bits per heavy atom. The van der Waals surface area contributed by atoms with Gasteiger partial charge in [-0.2, -0.15) is 9.40 Å². The van der Waals surface area contributed by atoms with Crippen molar-refractivity contribution >= 4 is 10.0 Å². The number of piperidine rings is 1. The number of aromatic nitrogens is 2. The predicted octanol–water partition coefficient (Wildman–Crippen LogP) is 3.31. The van der Waals surface area contributed by atoms with Crippen molar-refractivity contribution in [2.75, 3.05) is 13.1 Å². The van der Waals surface area contributed by atoms with E-state index < -0.39 is 10.0 Å². The van der Waals surface area contributed by atoms with Crippen molar-refractivity contribution in [3.05, 3.63) is 47.7 Å². The Bertz CT molecular complexity index is 864. The highest BCUT2D eigenvalue weighted by atomic mass is 32.2. The summed E-state index contributed by atoms with van der Waals surface area (Å²) >= 11 is 0. The van der Waals surface area contributed by atoms with Crippen molar-refractivity contribution in [1.29, 1.82) is 0 Å². The Morgan fingerprint density at radius 1 is 1.00 bits per heavy atom. The summed E-state index contributed by atoms with van der Waals surface area (Å²) < 4.78 is 33.2. The summed E-state index contributed by atoms with van der Waals surface area (Å²) in [6, 6.07) is 10.9. The fourth-order valence-electron chi connectivity index (χ4n) is 3.09. The molecule has 0 saturated carbocycles. The Balaban J connectivity index is 1.63. The normalized spacial score (nSPS) is 17.0. The lowest BCUT2D eigenvalue weighted by Gasteiger charge is -2.31. The van der Waals surface area contributed by atoms with Crippen LogP contribution in [0.1, 0.15) is 44.9 Å². The zero-order valence-electron chi connectivity index (χ0n) is 16.3. The van der Waals surface area contributed by atoms with E-state index in [0.717, 1.165) is 11.3 Å². The highest BCUT2D eigenvalue weighted by Crippen LogP contribution is 2.26. The van der Waals surface area contributed by atoms with Gasteiger partial charge in [0.2, 0.25) is 15.9 Å². The van der Waals surface area contributed by atoms with Crippen LogP contribution in [0.15, 0.2) is 41.3 Å². The zero-order chi connectivity index (χ0) is 19.7. The van der Waals surface area contributed by atoms with Gasteiger partial charge in [0.1, 0.15) is 6.10 Å². The molecule has 7 heteroatoms. The van der Waals surface area contributed by atoms with Crippen LogP contribution in [0.3, 0.4) is 0 Å². The molecule has 0 radical (unpaired) electrons. The van der Waals surface area contributed by atoms with Crippen molar-refractivity contribution < 1.29 is 13.2 Å². The highest BCUT2D eigenvalue weighted by molar-refractivity contribution is 7.89. The first-order valence-corrected chi connectivity index (χ1v) is 10.7. The minimum atomic E-state index is -3.48. The number of hydrogen-bond acceptors (Lipinski definition) is 5. The van der Waals surface area contributed by atoms with Crippen molar-refractivity contribution in [2.24, 2.45) is 0 Å². The van der Waals surface area contributed by atoms with Gasteiger partial charge in [-0.1, -0.05) is 32.9 Å². The van der Waals surface area contributed by atoms with E-state index in [1.807, 2.05) is 25.1 Å². The lowest BCUT2D eigenvalue weighted by atomic mass is 9.87. The number of aryl methyl sites for hydroxylation is 1. The maximum atomic E-state index is 12.9. The summed E-state index contributed by atoms with van der Waals surface area (Å²) in [5, 5.41) is 7.99. The molecule has 2 heterocycles. The van der Waals surface area contributed by atoms with Crippen molar-refractivity contribution in [1.82, 2.24) is 14.5 Å². The minimum absolute atomic E-state index is 0.00313. The molecule has 2 aromatic rings. The monoisotopic (exact) mass is 389 g/mol. The number of benzene rings is 1. The van der Waals surface area contributed by atoms with E-state index in [1.165, 1.54) is 0 Å². The van der Waals surface area contributed by atoms with E-state index in [4.69, 9.17) is 4.74 Å². The average Bonchev–Trinajstić information content (AvgIpc) is 2.63. The Hall–Kier alpha value is -1.99. The van der Waals surface area contributed by atoms with Gasteiger partial charge >= 0.3 is 0 Å². The van der Waals surface area contributed by atoms with Crippen LogP contribution in [0.4, 0.5) is 0 Å². The Morgan fingerprint density at radius 3 is 2.15 bits per heavy atom. The molecule has 1 aromatic heterocycles. The molecule has 1 saturated heterocycles. The minimum Gasteiger partial charge on any atom is -0.473 e. The SMILES string of the molecule is Cc1ccc(OC2CCN(S(=O)(=O)c3ccc(C(C)(C)C)cc3)CC2)nn1. The summed E-state index contributed by atoms with van der Waals surface area (Å²) in [5.41, 5.74) is 1.95. The molecule has 3 rings (SSSR count). The summed E-state index contributed by atoms with van der Waals surface area (Å²) in [7, 11) is -3.48. The third-order valence-corrected chi connectivity index (χ3v) is 6.73. The Kier molecular flexibility index (Phi) is 5.53. The molecule has 0 N–H and O–H groups in total. The number of nitrogens with zero attached hydrogens (tertiary/aromatic N) is 3. The molecule has 6 nitrogen and oxygen atoms in total. The summed E-state index contributed by atoms with van der Waals surface area (Å²) in [5.74, 6) is 0.486. The molecule has 1 aliphatic rings. The van der Waals surface area contributed by atoms with Gasteiger partial charge in [0.15, 0.2) is 0 Å². The first-order valence-electron chi connectivity index (χ1n) is 9.24. The van der Waals surface area contributed by atoms with E-state index in [0.29, 0.717) is 36.7 Å². The quantitative estimate of drug-likeness (QED) is 0.802. The molecule has 0 bridgehead atoms. The van der Waals surface area contributed by atoms with E-state index in [1.54, 1.807) is 22.5 Å². The second kappa shape index (κ2) is 7.56. The van der Waals surface area contributed by atoms with Crippen LogP contribution in [0.5, 0.6) is 5.88 Å². The van der Waals surface area contributed by atoms with Gasteiger partial charge < -0.3 is 4.74 Å². The maximum absolute atomic E-state index is 12.9. The summed E-state index contributed by atoms with van der Waals surface area (Å²) in [6.07, 6.45) is 1.22. The number of sulfonamides is 1. The smallest absolute Gasteiger partial charge is 0.243 e. The van der Waals surface area contributed by atoms with Crippen molar-refractivity contribution in [3.8, 4) is 5.88 Å². The standard InChI is InChI=1S/C20H27N3O3S/c1-15-5-10-19(22-21-15)26-17-11-13-23(14-12-17)27(24,25)18-8-6-16(7-9-18)20(2,3)4/h5-10,17H,11-14H2,1-4H3. The molecule has 0 unspecified atom stereocenters. The van der Waals surface area contributed by atoms with Gasteiger partial charge in [-0.25, -0.2) is 8.42 Å². The third-order valence-electron chi connectivity index (χ3n) is 4.82. The molecule has 1 aliphatic heterocycles. The fraction of sp³-hybridized carbons (Fsp3) is 0.500. The molecule has 1 aromatic carbocycles. The number of hydrogen-bond donors (Lipinski definition) is 0. The van der Waals surface area contributed by atoms with Crippen LogP contribution in [0, 0.1) is 6.92 Å². The molecule has 1 fully saturated rings. The largest absolute Gasteiger partial charge is 0.473 e. The molecule has 146 valence electrons. The highest BCUT2D eigenvalue weighted by Gasteiger charge is 2.30. The number of ether oxygens (including phenoxy) is 1. The zero-order valence-corrected chi connectivity index (χ0v) is 17.2. The molecular formula is C20H27N3O3S. The van der Waals surface area contributed by atoms with Gasteiger partial charge in [-0.05, 0) is 48.9 Å². The van der Waals surface area contributed by atoms with Crippen LogP contribution in [0.2, 0.25) is 0 Å². The first kappa shape index (κ1) is 19.8. The molecular weight excluding hydrogens is 362 g/mol. The fourth-order valence-corrected chi connectivity index (χ4v) is 4.56. The Labute approximate surface area is 161 Å². The molecule has 0 atom stereocenters. The van der Waals surface area contributed by atoms with Gasteiger partial charge in [-0.3, -0.25) is 0 Å². The molecule has 0 amide bonds. The van der Waals surface area contributed by atoms with Crippen LogP contribution in [-0.4, -0.2) is 42.1 Å². The summed E-state index contributed by atoms with van der Waals surface area (Å²) in [4.78, 5) is 0.347. The van der Waals surface area contributed by atoms with Crippen molar-refractivity contribution in [2.45, 2.75) is 57.0 Å².